The van der Waals surface area contributed by atoms with Crippen LogP contribution in [0.25, 0.3) is 0 Å². The normalized spacial score (nSPS) is 20.2. The summed E-state index contributed by atoms with van der Waals surface area (Å²) in [4.78, 5) is 4.52. The Hall–Kier alpha value is -0.200. The van der Waals surface area contributed by atoms with Gasteiger partial charge in [0.1, 0.15) is 0 Å². The molecule has 0 aliphatic carbocycles. The van der Waals surface area contributed by atoms with Crippen LogP contribution in [-0.4, -0.2) is 85.2 Å². The summed E-state index contributed by atoms with van der Waals surface area (Å²) in [5, 5.41) is 18.7. The maximum atomic E-state index is 9.85. The van der Waals surface area contributed by atoms with Gasteiger partial charge in [-0.15, -0.1) is 0 Å². The van der Waals surface area contributed by atoms with Crippen molar-refractivity contribution < 1.29 is 14.9 Å². The molecular formula is C13H28N2O3. The van der Waals surface area contributed by atoms with E-state index in [1.54, 1.807) is 0 Å². The molecule has 0 aromatic heterocycles. The summed E-state index contributed by atoms with van der Waals surface area (Å²) in [5.41, 5.74) is 0. The number of aliphatic hydroxyl groups is 2. The minimum absolute atomic E-state index is 0.230. The second kappa shape index (κ2) is 9.69. The van der Waals surface area contributed by atoms with Gasteiger partial charge in [-0.2, -0.15) is 0 Å². The number of hydrogen-bond acceptors (Lipinski definition) is 5. The monoisotopic (exact) mass is 260 g/mol. The van der Waals surface area contributed by atoms with Gasteiger partial charge in [-0.1, -0.05) is 13.3 Å². The molecule has 1 fully saturated rings. The maximum absolute atomic E-state index is 9.85. The molecule has 0 amide bonds. The Balaban J connectivity index is 2.05. The molecule has 0 bridgehead atoms. The number of nitrogens with zero attached hydrogens (tertiary/aromatic N) is 2. The van der Waals surface area contributed by atoms with E-state index in [-0.39, 0.29) is 12.7 Å². The number of unbranched alkanes of at least 4 members (excludes halogenated alkanes) is 1. The zero-order valence-electron chi connectivity index (χ0n) is 11.6. The third kappa shape index (κ3) is 6.66. The van der Waals surface area contributed by atoms with Gasteiger partial charge < -0.3 is 14.9 Å². The van der Waals surface area contributed by atoms with Gasteiger partial charge in [0.15, 0.2) is 0 Å². The van der Waals surface area contributed by atoms with E-state index in [9.17, 15) is 5.11 Å². The molecule has 0 saturated carbocycles. The molecule has 1 saturated heterocycles. The molecule has 0 aromatic carbocycles. The van der Waals surface area contributed by atoms with E-state index < -0.39 is 0 Å². The van der Waals surface area contributed by atoms with Crippen LogP contribution in [0.15, 0.2) is 0 Å². The van der Waals surface area contributed by atoms with Gasteiger partial charge in [0.05, 0.1) is 19.3 Å². The van der Waals surface area contributed by atoms with Crippen LogP contribution in [0.2, 0.25) is 0 Å². The minimum Gasteiger partial charge on any atom is -0.395 e. The van der Waals surface area contributed by atoms with Gasteiger partial charge in [0.25, 0.3) is 0 Å². The van der Waals surface area contributed by atoms with Crippen molar-refractivity contribution >= 4 is 0 Å². The summed E-state index contributed by atoms with van der Waals surface area (Å²) in [6.07, 6.45) is 1.81. The second-order valence-corrected chi connectivity index (χ2v) is 4.95. The van der Waals surface area contributed by atoms with Crippen molar-refractivity contribution in [1.82, 2.24) is 9.80 Å². The van der Waals surface area contributed by atoms with E-state index in [2.05, 4.69) is 16.7 Å². The second-order valence-electron chi connectivity index (χ2n) is 4.95. The molecule has 1 aliphatic rings. The summed E-state index contributed by atoms with van der Waals surface area (Å²) in [6.45, 7) is 8.88. The van der Waals surface area contributed by atoms with Gasteiger partial charge in [-0.3, -0.25) is 9.80 Å². The summed E-state index contributed by atoms with van der Waals surface area (Å²) < 4.78 is 5.42. The highest BCUT2D eigenvalue weighted by Crippen LogP contribution is 2.02. The SMILES string of the molecule is CCCCOC[C@@H](O)CN1CCN(CCO)CC1. The zero-order chi connectivity index (χ0) is 13.2. The molecule has 0 spiro atoms. The van der Waals surface area contributed by atoms with Crippen molar-refractivity contribution in [3.63, 3.8) is 0 Å². The van der Waals surface area contributed by atoms with E-state index in [4.69, 9.17) is 9.84 Å². The number of β-amino-alcohol motifs (C(OH)–C–C–N with tert-alkyl or cyclic N) is 2. The molecule has 1 rings (SSSR count). The van der Waals surface area contributed by atoms with Crippen LogP contribution in [-0.2, 0) is 4.74 Å². The number of piperazine rings is 1. The lowest BCUT2D eigenvalue weighted by Crippen LogP contribution is -2.49. The smallest absolute Gasteiger partial charge is 0.0900 e. The number of rotatable bonds is 9. The first kappa shape index (κ1) is 15.9. The van der Waals surface area contributed by atoms with E-state index in [0.29, 0.717) is 13.2 Å². The van der Waals surface area contributed by atoms with E-state index in [1.165, 1.54) is 0 Å². The molecule has 2 N–H and O–H groups in total. The fourth-order valence-electron chi connectivity index (χ4n) is 2.15. The van der Waals surface area contributed by atoms with Crippen molar-refractivity contribution in [3.8, 4) is 0 Å². The number of ether oxygens (including phenoxy) is 1. The summed E-state index contributed by atoms with van der Waals surface area (Å²) in [5.74, 6) is 0. The van der Waals surface area contributed by atoms with Crippen molar-refractivity contribution in [2.45, 2.75) is 25.9 Å². The first-order chi connectivity index (χ1) is 8.76. The molecule has 108 valence electrons. The fraction of sp³-hybridized carbons (Fsp3) is 1.00. The molecule has 0 aromatic rings. The number of aliphatic hydroxyl groups excluding tert-OH is 2. The minimum atomic E-state index is -0.383. The molecule has 0 radical (unpaired) electrons. The largest absolute Gasteiger partial charge is 0.395 e. The average Bonchev–Trinajstić information content (AvgIpc) is 2.37. The van der Waals surface area contributed by atoms with Crippen molar-refractivity contribution in [2.75, 3.05) is 59.1 Å². The fourth-order valence-corrected chi connectivity index (χ4v) is 2.15. The summed E-state index contributed by atoms with van der Waals surface area (Å²) in [6, 6.07) is 0. The topological polar surface area (TPSA) is 56.2 Å². The Bertz CT molecular complexity index is 197. The van der Waals surface area contributed by atoms with E-state index >= 15 is 0 Å². The molecule has 1 aliphatic heterocycles. The van der Waals surface area contributed by atoms with Crippen LogP contribution >= 0.6 is 0 Å². The lowest BCUT2D eigenvalue weighted by molar-refractivity contribution is 0.00545. The van der Waals surface area contributed by atoms with Gasteiger partial charge in [-0.25, -0.2) is 0 Å². The molecule has 1 atom stereocenters. The lowest BCUT2D eigenvalue weighted by atomic mass is 10.2. The third-order valence-corrected chi connectivity index (χ3v) is 3.30. The molecular weight excluding hydrogens is 232 g/mol. The van der Waals surface area contributed by atoms with Gasteiger partial charge in [0, 0.05) is 45.9 Å². The average molecular weight is 260 g/mol. The summed E-state index contributed by atoms with van der Waals surface area (Å²) in [7, 11) is 0. The predicted octanol–water partition coefficient (Wildman–Crippen LogP) is -0.226. The van der Waals surface area contributed by atoms with Gasteiger partial charge in [-0.05, 0) is 6.42 Å². The number of hydrogen-bond donors (Lipinski definition) is 2. The van der Waals surface area contributed by atoms with Crippen LogP contribution in [0.3, 0.4) is 0 Å². The molecule has 0 unspecified atom stereocenters. The highest BCUT2D eigenvalue weighted by atomic mass is 16.5. The van der Waals surface area contributed by atoms with Crippen LogP contribution in [0.4, 0.5) is 0 Å². The Labute approximate surface area is 110 Å². The van der Waals surface area contributed by atoms with Gasteiger partial charge >= 0.3 is 0 Å². The zero-order valence-corrected chi connectivity index (χ0v) is 11.6. The molecule has 18 heavy (non-hydrogen) atoms. The lowest BCUT2D eigenvalue weighted by Gasteiger charge is -2.35. The first-order valence-corrected chi connectivity index (χ1v) is 7.07. The predicted molar refractivity (Wildman–Crippen MR) is 71.7 cm³/mol. The summed E-state index contributed by atoms with van der Waals surface area (Å²) >= 11 is 0. The van der Waals surface area contributed by atoms with Crippen LogP contribution in [0, 0.1) is 0 Å². The Morgan fingerprint density at radius 2 is 1.83 bits per heavy atom. The van der Waals surface area contributed by atoms with Crippen molar-refractivity contribution in [2.24, 2.45) is 0 Å². The van der Waals surface area contributed by atoms with Crippen molar-refractivity contribution in [3.05, 3.63) is 0 Å². The van der Waals surface area contributed by atoms with Crippen LogP contribution in [0.1, 0.15) is 19.8 Å². The van der Waals surface area contributed by atoms with Crippen LogP contribution < -0.4 is 0 Å². The third-order valence-electron chi connectivity index (χ3n) is 3.30. The highest BCUT2D eigenvalue weighted by Gasteiger charge is 2.18. The van der Waals surface area contributed by atoms with E-state index in [1.807, 2.05) is 0 Å². The Kier molecular flexibility index (Phi) is 8.54. The first-order valence-electron chi connectivity index (χ1n) is 7.07. The molecule has 5 nitrogen and oxygen atoms in total. The molecule has 1 heterocycles. The highest BCUT2D eigenvalue weighted by molar-refractivity contribution is 4.73. The standard InChI is InChI=1S/C13H28N2O3/c1-2-3-10-18-12-13(17)11-15-6-4-14(5-7-15)8-9-16/h13,16-17H,2-12H2,1H3/t13-/m0/s1. The Morgan fingerprint density at radius 3 is 2.44 bits per heavy atom. The molecule has 5 heteroatoms. The van der Waals surface area contributed by atoms with E-state index in [0.717, 1.165) is 52.2 Å². The quantitative estimate of drug-likeness (QED) is 0.561. The van der Waals surface area contributed by atoms with Crippen LogP contribution in [0.5, 0.6) is 0 Å². The Morgan fingerprint density at radius 1 is 1.17 bits per heavy atom. The maximum Gasteiger partial charge on any atom is 0.0900 e. The van der Waals surface area contributed by atoms with Gasteiger partial charge in [0.2, 0.25) is 0 Å². The van der Waals surface area contributed by atoms with Crippen molar-refractivity contribution in [1.29, 1.82) is 0 Å².